The molecule has 0 heterocycles. The molecule has 0 aromatic heterocycles. The van der Waals surface area contributed by atoms with Crippen molar-refractivity contribution in [3.8, 4) is 0 Å². The normalized spacial score (nSPS) is 9.43. The Morgan fingerprint density at radius 2 is 2.14 bits per heavy atom. The zero-order valence-corrected chi connectivity index (χ0v) is 7.99. The second-order valence-electron chi connectivity index (χ2n) is 3.02. The number of carbonyl (C=O) groups is 1. The third-order valence-corrected chi connectivity index (χ3v) is 2.06. The molecule has 0 aliphatic carbocycles. The molecular formula is C11H14N2O. The maximum atomic E-state index is 9.99. The first kappa shape index (κ1) is 10.4. The minimum absolute atomic E-state index is 0.690. The topological polar surface area (TPSA) is 53.0 Å². The van der Waals surface area contributed by atoms with Gasteiger partial charge in [-0.1, -0.05) is 24.3 Å². The summed E-state index contributed by atoms with van der Waals surface area (Å²) in [7, 11) is 0. The minimum Gasteiger partial charge on any atom is -0.359 e. The smallest absolute Gasteiger partial charge is 0.207 e. The van der Waals surface area contributed by atoms with Crippen molar-refractivity contribution in [3.63, 3.8) is 0 Å². The molecule has 0 atom stereocenters. The van der Waals surface area contributed by atoms with Gasteiger partial charge >= 0.3 is 0 Å². The molecule has 1 rings (SSSR count). The van der Waals surface area contributed by atoms with Crippen LogP contribution in [0.4, 0.5) is 0 Å². The van der Waals surface area contributed by atoms with Crippen LogP contribution in [0.1, 0.15) is 17.5 Å². The summed E-state index contributed by atoms with van der Waals surface area (Å²) >= 11 is 0. The van der Waals surface area contributed by atoms with Crippen LogP contribution in [0.5, 0.6) is 0 Å². The van der Waals surface area contributed by atoms with Gasteiger partial charge in [-0.05, 0) is 24.0 Å². The predicted molar refractivity (Wildman–Crippen MR) is 56.7 cm³/mol. The van der Waals surface area contributed by atoms with Gasteiger partial charge in [-0.25, -0.2) is 0 Å². The summed E-state index contributed by atoms with van der Waals surface area (Å²) in [4.78, 5) is 9.99. The second-order valence-corrected chi connectivity index (χ2v) is 3.02. The Morgan fingerprint density at radius 1 is 1.36 bits per heavy atom. The van der Waals surface area contributed by atoms with Gasteiger partial charge in [0, 0.05) is 12.8 Å². The number of hydrogen-bond acceptors (Lipinski definition) is 2. The van der Waals surface area contributed by atoms with Crippen molar-refractivity contribution in [3.05, 3.63) is 35.4 Å². The molecule has 14 heavy (non-hydrogen) atoms. The zero-order valence-electron chi connectivity index (χ0n) is 7.99. The van der Waals surface area contributed by atoms with E-state index in [0.29, 0.717) is 13.0 Å². The summed E-state index contributed by atoms with van der Waals surface area (Å²) in [5.74, 6) is 0. The molecule has 1 aromatic carbocycles. The van der Waals surface area contributed by atoms with Gasteiger partial charge in [-0.15, -0.1) is 0 Å². The van der Waals surface area contributed by atoms with Gasteiger partial charge in [0.05, 0.1) is 0 Å². The number of aryl methyl sites for hydroxylation is 1. The maximum Gasteiger partial charge on any atom is 0.207 e. The van der Waals surface area contributed by atoms with Crippen LogP contribution in [0, 0.1) is 5.41 Å². The third-order valence-electron chi connectivity index (χ3n) is 2.06. The van der Waals surface area contributed by atoms with Crippen LogP contribution in [-0.2, 0) is 11.2 Å². The van der Waals surface area contributed by atoms with E-state index in [2.05, 4.69) is 5.32 Å². The van der Waals surface area contributed by atoms with E-state index in [4.69, 9.17) is 5.41 Å². The molecule has 3 nitrogen and oxygen atoms in total. The van der Waals surface area contributed by atoms with Crippen LogP contribution < -0.4 is 5.32 Å². The summed E-state index contributed by atoms with van der Waals surface area (Å²) < 4.78 is 0. The second kappa shape index (κ2) is 5.91. The fourth-order valence-electron chi connectivity index (χ4n) is 1.34. The number of amides is 1. The molecule has 1 aromatic rings. The van der Waals surface area contributed by atoms with Crippen molar-refractivity contribution in [1.82, 2.24) is 5.32 Å². The van der Waals surface area contributed by atoms with Crippen LogP contribution in [0.2, 0.25) is 0 Å². The molecule has 0 aliphatic heterocycles. The molecule has 0 spiro atoms. The highest BCUT2D eigenvalue weighted by atomic mass is 16.1. The van der Waals surface area contributed by atoms with E-state index in [1.807, 2.05) is 24.3 Å². The number of rotatable bonds is 6. The fraction of sp³-hybridized carbons (Fsp3) is 0.273. The Balaban J connectivity index is 2.48. The van der Waals surface area contributed by atoms with E-state index in [-0.39, 0.29) is 0 Å². The van der Waals surface area contributed by atoms with Gasteiger partial charge in [-0.3, -0.25) is 4.79 Å². The third kappa shape index (κ3) is 3.01. The highest BCUT2D eigenvalue weighted by Gasteiger charge is 1.97. The monoisotopic (exact) mass is 190 g/mol. The number of carbonyl (C=O) groups excluding carboxylic acids is 1. The summed E-state index contributed by atoms with van der Waals surface area (Å²) in [5, 5.41) is 9.82. The van der Waals surface area contributed by atoms with Gasteiger partial charge in [-0.2, -0.15) is 0 Å². The van der Waals surface area contributed by atoms with Gasteiger partial charge in [0.15, 0.2) is 0 Å². The first-order valence-corrected chi connectivity index (χ1v) is 4.64. The van der Waals surface area contributed by atoms with E-state index in [9.17, 15) is 4.79 Å². The van der Waals surface area contributed by atoms with Crippen LogP contribution in [0.3, 0.4) is 0 Å². The highest BCUT2D eigenvalue weighted by molar-refractivity contribution is 5.79. The lowest BCUT2D eigenvalue weighted by molar-refractivity contribution is -0.109. The standard InChI is InChI=1S/C11H14N2O/c12-8-11-5-2-1-4-10(11)6-3-7-13-9-14/h1-2,4-5,8-9,12H,3,6-7H2,(H,13,14). The molecule has 0 fully saturated rings. The molecule has 3 heteroatoms. The molecule has 0 unspecified atom stereocenters. The summed E-state index contributed by atoms with van der Waals surface area (Å²) in [6.45, 7) is 0.690. The Hall–Kier alpha value is -1.64. The summed E-state index contributed by atoms with van der Waals surface area (Å²) in [5.41, 5.74) is 2.12. The van der Waals surface area contributed by atoms with E-state index >= 15 is 0 Å². The molecule has 2 N–H and O–H groups in total. The van der Waals surface area contributed by atoms with Gasteiger partial charge in [0.2, 0.25) is 6.41 Å². The van der Waals surface area contributed by atoms with E-state index < -0.39 is 0 Å². The molecule has 1 amide bonds. The fourth-order valence-corrected chi connectivity index (χ4v) is 1.34. The maximum absolute atomic E-state index is 9.99. The molecule has 0 bridgehead atoms. The SMILES string of the molecule is N=Cc1ccccc1CCCNC=O. The van der Waals surface area contributed by atoms with Gasteiger partial charge in [0.1, 0.15) is 0 Å². The van der Waals surface area contributed by atoms with Crippen molar-refractivity contribution in [2.45, 2.75) is 12.8 Å². The average Bonchev–Trinajstić information content (AvgIpc) is 2.25. The number of nitrogens with one attached hydrogen (secondary N) is 2. The van der Waals surface area contributed by atoms with E-state index in [1.54, 1.807) is 0 Å². The number of benzene rings is 1. The van der Waals surface area contributed by atoms with Crippen molar-refractivity contribution in [2.75, 3.05) is 6.54 Å². The Labute approximate surface area is 83.7 Å². The van der Waals surface area contributed by atoms with E-state index in [1.165, 1.54) is 6.21 Å². The van der Waals surface area contributed by atoms with Crippen LogP contribution in [0.15, 0.2) is 24.3 Å². The molecule has 0 saturated heterocycles. The average molecular weight is 190 g/mol. The van der Waals surface area contributed by atoms with Crippen LogP contribution in [0.25, 0.3) is 0 Å². The summed E-state index contributed by atoms with van der Waals surface area (Å²) in [6.07, 6.45) is 3.88. The molecule has 0 aliphatic rings. The van der Waals surface area contributed by atoms with Gasteiger partial charge < -0.3 is 10.7 Å². The van der Waals surface area contributed by atoms with Gasteiger partial charge in [0.25, 0.3) is 0 Å². The van der Waals surface area contributed by atoms with Crippen molar-refractivity contribution in [1.29, 1.82) is 5.41 Å². The molecular weight excluding hydrogens is 176 g/mol. The largest absolute Gasteiger partial charge is 0.359 e. The zero-order chi connectivity index (χ0) is 10.2. The molecule has 0 saturated carbocycles. The quantitative estimate of drug-likeness (QED) is 0.397. The van der Waals surface area contributed by atoms with Crippen LogP contribution >= 0.6 is 0 Å². The van der Waals surface area contributed by atoms with E-state index in [0.717, 1.165) is 24.0 Å². The van der Waals surface area contributed by atoms with Crippen molar-refractivity contribution < 1.29 is 4.79 Å². The first-order chi connectivity index (χ1) is 6.88. The highest BCUT2D eigenvalue weighted by Crippen LogP contribution is 2.08. The Kier molecular flexibility index (Phi) is 4.41. The van der Waals surface area contributed by atoms with Crippen molar-refractivity contribution >= 4 is 12.6 Å². The lowest BCUT2D eigenvalue weighted by Gasteiger charge is -2.04. The molecule has 0 radical (unpaired) electrons. The summed E-state index contributed by atoms with van der Waals surface area (Å²) in [6, 6.07) is 7.83. The Bertz CT molecular complexity index is 310. The number of hydrogen-bond donors (Lipinski definition) is 2. The lowest BCUT2D eigenvalue weighted by Crippen LogP contribution is -2.12. The predicted octanol–water partition coefficient (Wildman–Crippen LogP) is 1.36. The minimum atomic E-state index is 0.690. The first-order valence-electron chi connectivity index (χ1n) is 4.64. The molecule has 74 valence electrons. The van der Waals surface area contributed by atoms with Crippen molar-refractivity contribution in [2.24, 2.45) is 0 Å². The Morgan fingerprint density at radius 3 is 2.86 bits per heavy atom. The lowest BCUT2D eigenvalue weighted by atomic mass is 10.0. The van der Waals surface area contributed by atoms with Crippen LogP contribution in [-0.4, -0.2) is 19.2 Å².